The fourth-order valence-electron chi connectivity index (χ4n) is 1.71. The third-order valence-corrected chi connectivity index (χ3v) is 3.75. The molecular formula is C11H10ClN3S. The number of nitrogens with zero attached hydrogens (tertiary/aromatic N) is 3. The van der Waals surface area contributed by atoms with Gasteiger partial charge in [-0.2, -0.15) is 0 Å². The highest BCUT2D eigenvalue weighted by Gasteiger charge is 2.15. The van der Waals surface area contributed by atoms with Crippen molar-refractivity contribution in [2.75, 3.05) is 5.75 Å². The smallest absolute Gasteiger partial charge is 0.186 e. The average molecular weight is 252 g/mol. The van der Waals surface area contributed by atoms with E-state index >= 15 is 0 Å². The number of benzene rings is 1. The van der Waals surface area contributed by atoms with Gasteiger partial charge in [0.1, 0.15) is 0 Å². The molecule has 3 nitrogen and oxygen atoms in total. The van der Waals surface area contributed by atoms with Crippen LogP contribution >= 0.6 is 23.4 Å². The van der Waals surface area contributed by atoms with Crippen LogP contribution in [0.15, 0.2) is 29.4 Å². The number of hydrogen-bond donors (Lipinski definition) is 0. The molecule has 0 bridgehead atoms. The zero-order valence-corrected chi connectivity index (χ0v) is 10.1. The fraction of sp³-hybridized carbons (Fsp3) is 0.273. The van der Waals surface area contributed by atoms with Crippen LogP contribution in [0, 0.1) is 0 Å². The summed E-state index contributed by atoms with van der Waals surface area (Å²) >= 11 is 7.72. The maximum Gasteiger partial charge on any atom is 0.186 e. The van der Waals surface area contributed by atoms with Gasteiger partial charge in [-0.15, -0.1) is 5.10 Å². The number of thioether (sulfide) groups is 1. The lowest BCUT2D eigenvalue weighted by Gasteiger charge is -2.09. The summed E-state index contributed by atoms with van der Waals surface area (Å²) in [4.78, 5) is 4.52. The molecule has 3 rings (SSSR count). The Morgan fingerprint density at radius 3 is 3.12 bits per heavy atom. The SMILES string of the molecule is Clc1cccc(-c2nc3n(n2)CCCS3)c1. The molecule has 0 radical (unpaired) electrons. The van der Waals surface area contributed by atoms with E-state index in [-0.39, 0.29) is 0 Å². The summed E-state index contributed by atoms with van der Waals surface area (Å²) in [6, 6.07) is 7.66. The van der Waals surface area contributed by atoms with Crippen molar-refractivity contribution in [1.82, 2.24) is 14.8 Å². The number of rotatable bonds is 1. The highest BCUT2D eigenvalue weighted by Crippen LogP contribution is 2.26. The molecule has 0 saturated heterocycles. The largest absolute Gasteiger partial charge is 0.240 e. The van der Waals surface area contributed by atoms with Crippen LogP contribution in [0.5, 0.6) is 0 Å². The van der Waals surface area contributed by atoms with Crippen molar-refractivity contribution >= 4 is 23.4 Å². The van der Waals surface area contributed by atoms with Crippen molar-refractivity contribution in [2.45, 2.75) is 18.1 Å². The number of hydrogen-bond acceptors (Lipinski definition) is 3. The van der Waals surface area contributed by atoms with Crippen LogP contribution < -0.4 is 0 Å². The molecule has 0 fully saturated rings. The molecule has 2 aromatic rings. The molecule has 1 aliphatic rings. The van der Waals surface area contributed by atoms with Gasteiger partial charge >= 0.3 is 0 Å². The van der Waals surface area contributed by atoms with Crippen LogP contribution in [-0.4, -0.2) is 20.5 Å². The number of fused-ring (bicyclic) bond motifs is 1. The predicted octanol–water partition coefficient (Wildman–Crippen LogP) is 3.09. The van der Waals surface area contributed by atoms with Gasteiger partial charge in [0, 0.05) is 22.9 Å². The Bertz CT molecular complexity index is 500. The van der Waals surface area contributed by atoms with Gasteiger partial charge in [-0.3, -0.25) is 0 Å². The summed E-state index contributed by atoms with van der Waals surface area (Å²) in [5.74, 6) is 1.90. The van der Waals surface area contributed by atoms with Crippen LogP contribution in [0.2, 0.25) is 5.02 Å². The Balaban J connectivity index is 2.03. The first-order valence-electron chi connectivity index (χ1n) is 5.16. The van der Waals surface area contributed by atoms with Gasteiger partial charge in [-0.05, 0) is 18.6 Å². The zero-order chi connectivity index (χ0) is 11.0. The molecule has 5 heteroatoms. The molecule has 2 heterocycles. The lowest BCUT2D eigenvalue weighted by atomic mass is 10.2. The van der Waals surface area contributed by atoms with E-state index in [9.17, 15) is 0 Å². The van der Waals surface area contributed by atoms with Gasteiger partial charge in [0.15, 0.2) is 11.0 Å². The topological polar surface area (TPSA) is 30.7 Å². The van der Waals surface area contributed by atoms with E-state index in [4.69, 9.17) is 11.6 Å². The fourth-order valence-corrected chi connectivity index (χ4v) is 2.79. The number of halogens is 1. The van der Waals surface area contributed by atoms with E-state index in [1.54, 1.807) is 11.8 Å². The second-order valence-corrected chi connectivity index (χ2v) is 5.15. The second kappa shape index (κ2) is 4.11. The third-order valence-electron chi connectivity index (χ3n) is 2.47. The molecule has 16 heavy (non-hydrogen) atoms. The molecule has 0 amide bonds. The summed E-state index contributed by atoms with van der Waals surface area (Å²) in [7, 11) is 0. The number of aromatic nitrogens is 3. The lowest BCUT2D eigenvalue weighted by molar-refractivity contribution is 0.540. The van der Waals surface area contributed by atoms with Gasteiger partial charge in [0.05, 0.1) is 0 Å². The molecule has 1 aromatic carbocycles. The van der Waals surface area contributed by atoms with Crippen LogP contribution in [-0.2, 0) is 6.54 Å². The van der Waals surface area contributed by atoms with Crippen molar-refractivity contribution in [1.29, 1.82) is 0 Å². The maximum absolute atomic E-state index is 5.95. The first kappa shape index (κ1) is 10.2. The Labute approximate surface area is 103 Å². The highest BCUT2D eigenvalue weighted by molar-refractivity contribution is 7.99. The summed E-state index contributed by atoms with van der Waals surface area (Å²) in [6.07, 6.45) is 1.16. The van der Waals surface area contributed by atoms with Gasteiger partial charge < -0.3 is 0 Å². The minimum atomic E-state index is 0.720. The Morgan fingerprint density at radius 2 is 2.31 bits per heavy atom. The molecule has 1 aromatic heterocycles. The molecule has 0 unspecified atom stereocenters. The lowest BCUT2D eigenvalue weighted by Crippen LogP contribution is -2.07. The van der Waals surface area contributed by atoms with Gasteiger partial charge in [-0.1, -0.05) is 35.5 Å². The van der Waals surface area contributed by atoms with Crippen molar-refractivity contribution in [3.8, 4) is 11.4 Å². The molecule has 0 aliphatic carbocycles. The monoisotopic (exact) mass is 251 g/mol. The molecule has 0 atom stereocenters. The molecule has 0 N–H and O–H groups in total. The van der Waals surface area contributed by atoms with E-state index in [1.165, 1.54) is 0 Å². The second-order valence-electron chi connectivity index (χ2n) is 3.65. The summed E-state index contributed by atoms with van der Waals surface area (Å²) in [6.45, 7) is 0.968. The van der Waals surface area contributed by atoms with Crippen LogP contribution in [0.4, 0.5) is 0 Å². The van der Waals surface area contributed by atoms with Crippen molar-refractivity contribution < 1.29 is 0 Å². The Hall–Kier alpha value is -1.00. The van der Waals surface area contributed by atoms with Crippen LogP contribution in [0.25, 0.3) is 11.4 Å². The Kier molecular flexibility index (Phi) is 2.61. The van der Waals surface area contributed by atoms with Gasteiger partial charge in [0.25, 0.3) is 0 Å². The quantitative estimate of drug-likeness (QED) is 0.780. The van der Waals surface area contributed by atoms with E-state index in [2.05, 4.69) is 10.1 Å². The number of aryl methyl sites for hydroxylation is 1. The minimum absolute atomic E-state index is 0.720. The minimum Gasteiger partial charge on any atom is -0.240 e. The van der Waals surface area contributed by atoms with E-state index < -0.39 is 0 Å². The van der Waals surface area contributed by atoms with Gasteiger partial charge in [0.2, 0.25) is 0 Å². The molecule has 1 aliphatic heterocycles. The first-order valence-corrected chi connectivity index (χ1v) is 6.53. The van der Waals surface area contributed by atoms with Crippen molar-refractivity contribution in [3.63, 3.8) is 0 Å². The van der Waals surface area contributed by atoms with Crippen LogP contribution in [0.3, 0.4) is 0 Å². The van der Waals surface area contributed by atoms with Gasteiger partial charge in [-0.25, -0.2) is 9.67 Å². The normalized spacial score (nSPS) is 14.8. The standard InChI is InChI=1S/C11H10ClN3S/c12-9-4-1-3-8(7-9)10-13-11-15(14-10)5-2-6-16-11/h1,3-4,7H,2,5-6H2. The molecule has 0 saturated carbocycles. The van der Waals surface area contributed by atoms with E-state index in [0.717, 1.165) is 40.3 Å². The van der Waals surface area contributed by atoms with Crippen molar-refractivity contribution in [2.24, 2.45) is 0 Å². The first-order chi connectivity index (χ1) is 7.83. The summed E-state index contributed by atoms with van der Waals surface area (Å²) in [5.41, 5.74) is 0.981. The Morgan fingerprint density at radius 1 is 1.38 bits per heavy atom. The molecule has 82 valence electrons. The summed E-state index contributed by atoms with van der Waals surface area (Å²) < 4.78 is 1.98. The molecule has 0 spiro atoms. The summed E-state index contributed by atoms with van der Waals surface area (Å²) in [5, 5.41) is 6.22. The van der Waals surface area contributed by atoms with Crippen molar-refractivity contribution in [3.05, 3.63) is 29.3 Å². The zero-order valence-electron chi connectivity index (χ0n) is 8.56. The van der Waals surface area contributed by atoms with E-state index in [1.807, 2.05) is 28.9 Å². The highest BCUT2D eigenvalue weighted by atomic mass is 35.5. The predicted molar refractivity (Wildman–Crippen MR) is 65.8 cm³/mol. The maximum atomic E-state index is 5.95. The molecular weight excluding hydrogens is 242 g/mol. The van der Waals surface area contributed by atoms with Crippen LogP contribution in [0.1, 0.15) is 6.42 Å². The van der Waals surface area contributed by atoms with E-state index in [0.29, 0.717) is 0 Å². The third kappa shape index (κ3) is 1.83. The average Bonchev–Trinajstić information content (AvgIpc) is 2.72.